The van der Waals surface area contributed by atoms with Crippen LogP contribution in [-0.4, -0.2) is 24.9 Å². The average Bonchev–Trinajstić information content (AvgIpc) is 2.48. The summed E-state index contributed by atoms with van der Waals surface area (Å²) in [6.45, 7) is 4.10. The van der Waals surface area contributed by atoms with E-state index in [0.717, 1.165) is 5.56 Å². The third-order valence-corrected chi connectivity index (χ3v) is 3.30. The summed E-state index contributed by atoms with van der Waals surface area (Å²) in [6, 6.07) is 17.1. The van der Waals surface area contributed by atoms with Crippen molar-refractivity contribution in [2.24, 2.45) is 0 Å². The Kier molecular flexibility index (Phi) is 4.99. The molecule has 0 aliphatic rings. The van der Waals surface area contributed by atoms with Crippen LogP contribution in [0.25, 0.3) is 0 Å². The highest BCUT2D eigenvalue weighted by molar-refractivity contribution is 5.45. The van der Waals surface area contributed by atoms with Crippen molar-refractivity contribution in [2.45, 2.75) is 25.6 Å². The van der Waals surface area contributed by atoms with E-state index in [1.165, 1.54) is 0 Å². The van der Waals surface area contributed by atoms with Gasteiger partial charge in [-0.2, -0.15) is 0 Å². The number of rotatable bonds is 6. The van der Waals surface area contributed by atoms with Crippen LogP contribution in [0.15, 0.2) is 54.6 Å². The second kappa shape index (κ2) is 6.74. The van der Waals surface area contributed by atoms with Gasteiger partial charge in [0.15, 0.2) is 0 Å². The third kappa shape index (κ3) is 3.43. The van der Waals surface area contributed by atoms with E-state index < -0.39 is 5.60 Å². The van der Waals surface area contributed by atoms with Crippen LogP contribution in [-0.2, 0) is 10.3 Å². The maximum absolute atomic E-state index is 11.2. The van der Waals surface area contributed by atoms with Crippen molar-refractivity contribution < 1.29 is 14.6 Å². The van der Waals surface area contributed by atoms with Crippen LogP contribution in [0.2, 0.25) is 0 Å². The van der Waals surface area contributed by atoms with E-state index >= 15 is 0 Å². The Bertz CT molecular complexity index is 566. The van der Waals surface area contributed by atoms with E-state index in [4.69, 9.17) is 9.47 Å². The van der Waals surface area contributed by atoms with Crippen molar-refractivity contribution in [1.82, 2.24) is 0 Å². The molecule has 0 saturated heterocycles. The van der Waals surface area contributed by atoms with Crippen molar-refractivity contribution in [3.8, 4) is 5.75 Å². The highest BCUT2D eigenvalue weighted by atomic mass is 16.5. The molecule has 1 unspecified atom stereocenters. The van der Waals surface area contributed by atoms with E-state index in [-0.39, 0.29) is 12.7 Å². The van der Waals surface area contributed by atoms with Crippen LogP contribution in [0.4, 0.5) is 0 Å². The average molecular weight is 286 g/mol. The van der Waals surface area contributed by atoms with Gasteiger partial charge in [0.2, 0.25) is 0 Å². The third-order valence-electron chi connectivity index (χ3n) is 3.30. The molecule has 3 heteroatoms. The Morgan fingerprint density at radius 1 is 1.00 bits per heavy atom. The lowest BCUT2D eigenvalue weighted by atomic mass is 9.86. The Morgan fingerprint density at radius 3 is 2.24 bits per heavy atom. The fourth-order valence-electron chi connectivity index (χ4n) is 2.40. The minimum absolute atomic E-state index is 0.0359. The number of methoxy groups -OCH3 is 1. The smallest absolute Gasteiger partial charge is 0.141 e. The summed E-state index contributed by atoms with van der Waals surface area (Å²) in [6.07, 6.45) is 0.0359. The van der Waals surface area contributed by atoms with Gasteiger partial charge in [0.1, 0.15) is 11.4 Å². The molecule has 0 spiro atoms. The fourth-order valence-corrected chi connectivity index (χ4v) is 2.40. The van der Waals surface area contributed by atoms with Crippen LogP contribution in [0.5, 0.6) is 5.75 Å². The topological polar surface area (TPSA) is 38.7 Å². The number of ether oxygens (including phenoxy) is 2. The van der Waals surface area contributed by atoms with Crippen LogP contribution >= 0.6 is 0 Å². The van der Waals surface area contributed by atoms with Gasteiger partial charge in [-0.15, -0.1) is 0 Å². The Labute approximate surface area is 126 Å². The second-order valence-corrected chi connectivity index (χ2v) is 5.32. The fraction of sp³-hybridized carbons (Fsp3) is 0.333. The number of para-hydroxylation sites is 1. The number of benzene rings is 2. The molecule has 0 aliphatic carbocycles. The Morgan fingerprint density at radius 2 is 1.62 bits per heavy atom. The Balaban J connectivity index is 2.53. The molecule has 0 radical (unpaired) electrons. The summed E-state index contributed by atoms with van der Waals surface area (Å²) in [7, 11) is 1.58. The molecule has 1 atom stereocenters. The van der Waals surface area contributed by atoms with Crippen LogP contribution in [0, 0.1) is 0 Å². The minimum atomic E-state index is -1.23. The van der Waals surface area contributed by atoms with Crippen molar-refractivity contribution in [3.63, 3.8) is 0 Å². The molecule has 2 aromatic rings. The van der Waals surface area contributed by atoms with Gasteiger partial charge >= 0.3 is 0 Å². The molecule has 0 fully saturated rings. The lowest BCUT2D eigenvalue weighted by Crippen LogP contribution is -2.33. The first-order valence-corrected chi connectivity index (χ1v) is 7.11. The van der Waals surface area contributed by atoms with Crippen molar-refractivity contribution in [3.05, 3.63) is 65.7 Å². The van der Waals surface area contributed by atoms with Crippen LogP contribution in [0.1, 0.15) is 25.0 Å². The molecular formula is C18H22O3. The van der Waals surface area contributed by atoms with E-state index in [1.54, 1.807) is 7.11 Å². The first-order valence-electron chi connectivity index (χ1n) is 7.11. The van der Waals surface area contributed by atoms with Crippen molar-refractivity contribution >= 4 is 0 Å². The SMILES string of the molecule is COCC(O)(c1ccccc1)c1ccccc1OC(C)C. The second-order valence-electron chi connectivity index (χ2n) is 5.32. The standard InChI is InChI=1S/C18H22O3/c1-14(2)21-17-12-8-7-11-16(17)18(19,13-20-3)15-9-5-4-6-10-15/h4-12,14,19H,13H2,1-3H3. The zero-order valence-electron chi connectivity index (χ0n) is 12.7. The first-order chi connectivity index (χ1) is 10.1. The van der Waals surface area contributed by atoms with Gasteiger partial charge in [-0.1, -0.05) is 48.5 Å². The summed E-state index contributed by atoms with van der Waals surface area (Å²) in [5.41, 5.74) is 0.264. The van der Waals surface area contributed by atoms with Gasteiger partial charge in [0.25, 0.3) is 0 Å². The highest BCUT2D eigenvalue weighted by Crippen LogP contribution is 2.36. The maximum Gasteiger partial charge on any atom is 0.141 e. The predicted octanol–water partition coefficient (Wildman–Crippen LogP) is 3.36. The zero-order chi connectivity index (χ0) is 15.3. The molecule has 0 aliphatic heterocycles. The van der Waals surface area contributed by atoms with Gasteiger partial charge in [-0.05, 0) is 25.5 Å². The molecule has 21 heavy (non-hydrogen) atoms. The van der Waals surface area contributed by atoms with Gasteiger partial charge < -0.3 is 14.6 Å². The number of hydrogen-bond donors (Lipinski definition) is 1. The molecule has 1 N–H and O–H groups in total. The van der Waals surface area contributed by atoms with Crippen LogP contribution < -0.4 is 4.74 Å². The molecule has 0 heterocycles. The Hall–Kier alpha value is -1.84. The van der Waals surface area contributed by atoms with Gasteiger partial charge in [-0.25, -0.2) is 0 Å². The molecule has 0 amide bonds. The van der Waals surface area contributed by atoms with E-state index in [1.807, 2.05) is 68.4 Å². The summed E-state index contributed by atoms with van der Waals surface area (Å²) in [5.74, 6) is 0.677. The first kappa shape index (κ1) is 15.5. The molecule has 112 valence electrons. The summed E-state index contributed by atoms with van der Waals surface area (Å²) < 4.78 is 11.1. The molecule has 3 nitrogen and oxygen atoms in total. The molecule has 2 rings (SSSR count). The summed E-state index contributed by atoms with van der Waals surface area (Å²) in [4.78, 5) is 0. The normalized spacial score (nSPS) is 14.0. The predicted molar refractivity (Wildman–Crippen MR) is 83.5 cm³/mol. The van der Waals surface area contributed by atoms with Gasteiger partial charge in [0, 0.05) is 12.7 Å². The summed E-state index contributed by atoms with van der Waals surface area (Å²) >= 11 is 0. The van der Waals surface area contributed by atoms with Crippen molar-refractivity contribution in [1.29, 1.82) is 0 Å². The molecule has 0 bridgehead atoms. The lowest BCUT2D eigenvalue weighted by Gasteiger charge is -2.30. The maximum atomic E-state index is 11.2. The monoisotopic (exact) mass is 286 g/mol. The van der Waals surface area contributed by atoms with E-state index in [0.29, 0.717) is 11.3 Å². The van der Waals surface area contributed by atoms with Gasteiger partial charge in [-0.3, -0.25) is 0 Å². The minimum Gasteiger partial charge on any atom is -0.491 e. The molecule has 2 aromatic carbocycles. The van der Waals surface area contributed by atoms with E-state index in [2.05, 4.69) is 0 Å². The zero-order valence-corrected chi connectivity index (χ0v) is 12.7. The highest BCUT2D eigenvalue weighted by Gasteiger charge is 2.34. The van der Waals surface area contributed by atoms with Crippen molar-refractivity contribution in [2.75, 3.05) is 13.7 Å². The largest absolute Gasteiger partial charge is 0.491 e. The number of aliphatic hydroxyl groups is 1. The van der Waals surface area contributed by atoms with Crippen LogP contribution in [0.3, 0.4) is 0 Å². The van der Waals surface area contributed by atoms with E-state index in [9.17, 15) is 5.11 Å². The quantitative estimate of drug-likeness (QED) is 0.885. The molecule has 0 saturated carbocycles. The molecule has 0 aromatic heterocycles. The molecular weight excluding hydrogens is 264 g/mol. The lowest BCUT2D eigenvalue weighted by molar-refractivity contribution is -0.00564. The van der Waals surface area contributed by atoms with Gasteiger partial charge in [0.05, 0.1) is 12.7 Å². The summed E-state index contributed by atoms with van der Waals surface area (Å²) in [5, 5.41) is 11.2. The number of hydrogen-bond acceptors (Lipinski definition) is 3.